The average Bonchev–Trinajstić information content (AvgIpc) is 3.51. The lowest BCUT2D eigenvalue weighted by Gasteiger charge is -2.38. The largest absolute Gasteiger partial charge is 0.507 e. The summed E-state index contributed by atoms with van der Waals surface area (Å²) in [7, 11) is 0. The predicted molar refractivity (Wildman–Crippen MR) is 148 cm³/mol. The second kappa shape index (κ2) is 9.27. The molecule has 1 atom stereocenters. The van der Waals surface area contributed by atoms with Gasteiger partial charge in [0, 0.05) is 41.0 Å². The summed E-state index contributed by atoms with van der Waals surface area (Å²) in [6, 6.07) is 13.2. The van der Waals surface area contributed by atoms with Gasteiger partial charge in [0.15, 0.2) is 5.60 Å². The molecule has 196 valence electrons. The third-order valence-electron chi connectivity index (χ3n) is 9.16. The Morgan fingerprint density at radius 2 is 1.54 bits per heavy atom. The molecule has 2 heterocycles. The van der Waals surface area contributed by atoms with Gasteiger partial charge in [-0.2, -0.15) is 0 Å². The number of nitrogens with zero attached hydrogens (tertiary/aromatic N) is 1. The fourth-order valence-corrected chi connectivity index (χ4v) is 6.50. The summed E-state index contributed by atoms with van der Waals surface area (Å²) in [5.74, 6) is 1.05. The third-order valence-corrected chi connectivity index (χ3v) is 9.16. The molecule has 0 spiro atoms. The molecule has 5 rings (SSSR count). The SMILES string of the molecule is Cc1c(C)c2c(c(C)c1O)CCC(C)(C(=O)NCC1(c3ccc(-n4c(C)ccc4C)cc3)CCCC1)O2. The zero-order chi connectivity index (χ0) is 26.5. The van der Waals surface area contributed by atoms with Gasteiger partial charge < -0.3 is 19.7 Å². The monoisotopic (exact) mass is 500 g/mol. The molecule has 3 aromatic rings. The minimum absolute atomic E-state index is 0.0488. The first-order valence-corrected chi connectivity index (χ1v) is 13.6. The first kappa shape index (κ1) is 25.4. The Balaban J connectivity index is 1.35. The van der Waals surface area contributed by atoms with Crippen molar-refractivity contribution >= 4 is 5.91 Å². The molecule has 0 bridgehead atoms. The minimum atomic E-state index is -0.930. The van der Waals surface area contributed by atoms with Crippen molar-refractivity contribution in [2.45, 2.75) is 91.1 Å². The average molecular weight is 501 g/mol. The molecule has 2 aromatic carbocycles. The number of aromatic hydroxyl groups is 1. The Hall–Kier alpha value is -3.21. The molecule has 1 fully saturated rings. The number of aryl methyl sites for hydroxylation is 2. The molecule has 0 radical (unpaired) electrons. The van der Waals surface area contributed by atoms with Gasteiger partial charge in [-0.05, 0) is 107 Å². The van der Waals surface area contributed by atoms with Crippen LogP contribution >= 0.6 is 0 Å². The number of phenolic OH excluding ortho intramolecular Hbond substituents is 1. The van der Waals surface area contributed by atoms with E-state index in [-0.39, 0.29) is 11.3 Å². The molecule has 5 nitrogen and oxygen atoms in total. The molecule has 1 aromatic heterocycles. The van der Waals surface area contributed by atoms with E-state index in [1.807, 2.05) is 27.7 Å². The van der Waals surface area contributed by atoms with E-state index in [2.05, 4.69) is 60.1 Å². The zero-order valence-electron chi connectivity index (χ0n) is 23.1. The quantitative estimate of drug-likeness (QED) is 0.424. The lowest BCUT2D eigenvalue weighted by Crippen LogP contribution is -2.53. The van der Waals surface area contributed by atoms with Gasteiger partial charge in [-0.1, -0.05) is 25.0 Å². The van der Waals surface area contributed by atoms with Gasteiger partial charge >= 0.3 is 0 Å². The maximum Gasteiger partial charge on any atom is 0.263 e. The molecule has 5 heteroatoms. The summed E-state index contributed by atoms with van der Waals surface area (Å²) in [6.07, 6.45) is 5.80. The van der Waals surface area contributed by atoms with Gasteiger partial charge in [0.2, 0.25) is 0 Å². The zero-order valence-corrected chi connectivity index (χ0v) is 23.1. The molecule has 1 aliphatic heterocycles. The van der Waals surface area contributed by atoms with Crippen molar-refractivity contribution in [2.24, 2.45) is 0 Å². The summed E-state index contributed by atoms with van der Waals surface area (Å²) in [6.45, 7) is 12.6. The van der Waals surface area contributed by atoms with Crippen LogP contribution in [0.2, 0.25) is 0 Å². The molecule has 37 heavy (non-hydrogen) atoms. The standard InChI is InChI=1S/C32H40N2O3/c1-20-9-10-21(2)34(20)26-13-11-25(12-14-26)32(16-7-8-17-32)19-33-30(36)31(6)18-15-27-24(5)28(35)22(3)23(4)29(27)37-31/h9-14,35H,7-8,15-19H2,1-6H3,(H,33,36). The summed E-state index contributed by atoms with van der Waals surface area (Å²) < 4.78 is 8.71. The smallest absolute Gasteiger partial charge is 0.263 e. The lowest BCUT2D eigenvalue weighted by atomic mass is 9.78. The number of hydrogen-bond acceptors (Lipinski definition) is 3. The molecule has 2 aliphatic rings. The first-order valence-electron chi connectivity index (χ1n) is 13.6. The molecule has 1 aliphatic carbocycles. The van der Waals surface area contributed by atoms with E-state index < -0.39 is 5.60 Å². The predicted octanol–water partition coefficient (Wildman–Crippen LogP) is 6.44. The van der Waals surface area contributed by atoms with E-state index in [1.54, 1.807) is 0 Å². The van der Waals surface area contributed by atoms with E-state index in [0.29, 0.717) is 25.1 Å². The van der Waals surface area contributed by atoms with Crippen molar-refractivity contribution in [1.82, 2.24) is 9.88 Å². The van der Waals surface area contributed by atoms with Gasteiger partial charge in [0.25, 0.3) is 5.91 Å². The molecule has 0 saturated heterocycles. The van der Waals surface area contributed by atoms with Gasteiger partial charge in [0.1, 0.15) is 11.5 Å². The fourth-order valence-electron chi connectivity index (χ4n) is 6.50. The number of amides is 1. The first-order chi connectivity index (χ1) is 17.6. The molecular formula is C32H40N2O3. The number of fused-ring (bicyclic) bond motifs is 1. The Bertz CT molecular complexity index is 1330. The number of ether oxygens (including phenoxy) is 1. The van der Waals surface area contributed by atoms with Crippen LogP contribution < -0.4 is 10.1 Å². The van der Waals surface area contributed by atoms with Gasteiger partial charge in [0.05, 0.1) is 0 Å². The van der Waals surface area contributed by atoms with Gasteiger partial charge in [-0.3, -0.25) is 4.79 Å². The summed E-state index contributed by atoms with van der Waals surface area (Å²) in [4.78, 5) is 13.6. The Morgan fingerprint density at radius 1 is 0.919 bits per heavy atom. The Morgan fingerprint density at radius 3 is 2.16 bits per heavy atom. The van der Waals surface area contributed by atoms with Crippen LogP contribution in [0.25, 0.3) is 5.69 Å². The molecule has 2 N–H and O–H groups in total. The number of benzene rings is 2. The topological polar surface area (TPSA) is 63.5 Å². The van der Waals surface area contributed by atoms with Gasteiger partial charge in [-0.25, -0.2) is 0 Å². The highest BCUT2D eigenvalue weighted by Gasteiger charge is 2.43. The highest BCUT2D eigenvalue weighted by molar-refractivity contribution is 5.86. The third kappa shape index (κ3) is 4.22. The lowest BCUT2D eigenvalue weighted by molar-refractivity contribution is -0.137. The highest BCUT2D eigenvalue weighted by Crippen LogP contribution is 2.44. The molecule has 1 unspecified atom stereocenters. The normalized spacial score (nSPS) is 20.4. The minimum Gasteiger partial charge on any atom is -0.507 e. The number of hydrogen-bond donors (Lipinski definition) is 2. The maximum absolute atomic E-state index is 13.6. The van der Waals surface area contributed by atoms with Crippen LogP contribution in [0.3, 0.4) is 0 Å². The Labute approximate surface area is 220 Å². The van der Waals surface area contributed by atoms with Crippen molar-refractivity contribution < 1.29 is 14.6 Å². The second-order valence-corrected chi connectivity index (χ2v) is 11.5. The summed E-state index contributed by atoms with van der Waals surface area (Å²) in [5.41, 5.74) is 7.57. The number of aromatic nitrogens is 1. The number of phenols is 1. The number of nitrogens with one attached hydrogen (secondary N) is 1. The van der Waals surface area contributed by atoms with Crippen LogP contribution in [0.4, 0.5) is 0 Å². The van der Waals surface area contributed by atoms with E-state index in [9.17, 15) is 9.90 Å². The van der Waals surface area contributed by atoms with Gasteiger partial charge in [-0.15, -0.1) is 0 Å². The maximum atomic E-state index is 13.6. The highest BCUT2D eigenvalue weighted by atomic mass is 16.5. The van der Waals surface area contributed by atoms with E-state index in [1.165, 1.54) is 35.5 Å². The van der Waals surface area contributed by atoms with Crippen LogP contribution in [0, 0.1) is 34.6 Å². The number of rotatable bonds is 5. The molecule has 1 saturated carbocycles. The van der Waals surface area contributed by atoms with E-state index in [0.717, 1.165) is 40.8 Å². The van der Waals surface area contributed by atoms with Crippen LogP contribution in [0.15, 0.2) is 36.4 Å². The molecule has 1 amide bonds. The van der Waals surface area contributed by atoms with Crippen molar-refractivity contribution in [3.05, 3.63) is 75.6 Å². The van der Waals surface area contributed by atoms with Crippen LogP contribution in [0.5, 0.6) is 11.5 Å². The summed E-state index contributed by atoms with van der Waals surface area (Å²) in [5, 5.41) is 13.8. The van der Waals surface area contributed by atoms with E-state index in [4.69, 9.17) is 4.74 Å². The molecular weight excluding hydrogens is 460 g/mol. The fraction of sp³-hybridized carbons (Fsp3) is 0.469. The Kier molecular flexibility index (Phi) is 6.37. The van der Waals surface area contributed by atoms with Crippen molar-refractivity contribution in [1.29, 1.82) is 0 Å². The van der Waals surface area contributed by atoms with Crippen LogP contribution in [-0.4, -0.2) is 27.7 Å². The second-order valence-electron chi connectivity index (χ2n) is 11.5. The number of carbonyl (C=O) groups is 1. The van der Waals surface area contributed by atoms with Crippen molar-refractivity contribution in [3.8, 4) is 17.2 Å². The van der Waals surface area contributed by atoms with E-state index >= 15 is 0 Å². The van der Waals surface area contributed by atoms with Crippen LogP contribution in [-0.2, 0) is 16.6 Å². The van der Waals surface area contributed by atoms with Crippen molar-refractivity contribution in [3.63, 3.8) is 0 Å². The summed E-state index contributed by atoms with van der Waals surface area (Å²) >= 11 is 0. The number of carbonyl (C=O) groups excluding carboxylic acids is 1. The van der Waals surface area contributed by atoms with Crippen LogP contribution in [0.1, 0.15) is 78.2 Å². The van der Waals surface area contributed by atoms with Crippen molar-refractivity contribution in [2.75, 3.05) is 6.54 Å².